The van der Waals surface area contributed by atoms with Gasteiger partial charge in [0.15, 0.2) is 23.1 Å². The average Bonchev–Trinajstić information content (AvgIpc) is 3.34. The zero-order chi connectivity index (χ0) is 54.0. The molecule has 2 aliphatic rings. The lowest BCUT2D eigenvalue weighted by Crippen LogP contribution is -2.47. The molecule has 2 aliphatic heterocycles. The molecule has 4 N–H and O–H groups in total. The number of hydrogen-bond acceptors (Lipinski definition) is 8. The van der Waals surface area contributed by atoms with Crippen LogP contribution in [-0.4, -0.2) is 109 Å². The second-order valence-corrected chi connectivity index (χ2v) is 19.4. The number of urea groups is 2. The number of benzene rings is 4. The summed E-state index contributed by atoms with van der Waals surface area (Å²) in [4.78, 5) is 75.4. The summed E-state index contributed by atoms with van der Waals surface area (Å²) in [6.45, 7) is 6.44. The van der Waals surface area contributed by atoms with Gasteiger partial charge >= 0.3 is 18.2 Å². The molecule has 0 radical (unpaired) electrons. The molecular formula is C60H84F6N6O6. The van der Waals surface area contributed by atoms with Crippen LogP contribution in [0.4, 0.5) is 47.3 Å². The van der Waals surface area contributed by atoms with Crippen LogP contribution in [0.3, 0.4) is 0 Å². The fourth-order valence-corrected chi connectivity index (χ4v) is 9.73. The van der Waals surface area contributed by atoms with Gasteiger partial charge in [0.05, 0.1) is 6.54 Å². The van der Waals surface area contributed by atoms with Crippen LogP contribution >= 0.6 is 0 Å². The number of hydrogen-bond donors (Lipinski definition) is 4. The molecule has 4 aromatic rings. The number of likely N-dealkylation sites (tertiary alicyclic amines) is 2. The predicted molar refractivity (Wildman–Crippen MR) is 301 cm³/mol. The molecular weight excluding hydrogens is 1010 g/mol. The summed E-state index contributed by atoms with van der Waals surface area (Å²) in [7, 11) is 0. The van der Waals surface area contributed by atoms with E-state index in [1.165, 1.54) is 81.1 Å². The molecule has 0 saturated carbocycles. The first-order valence-electron chi connectivity index (χ1n) is 25.2. The zero-order valence-electron chi connectivity index (χ0n) is 42.5. The predicted octanol–water partition coefficient (Wildman–Crippen LogP) is 14.0. The molecule has 4 amide bonds. The van der Waals surface area contributed by atoms with Crippen LogP contribution in [0.25, 0.3) is 0 Å². The number of anilines is 2. The van der Waals surface area contributed by atoms with Gasteiger partial charge in [0.25, 0.3) is 0 Å². The summed E-state index contributed by atoms with van der Waals surface area (Å²) in [6, 6.07) is 20.8. The maximum Gasteiger partial charge on any atom is 0.401 e. The van der Waals surface area contributed by atoms with Crippen molar-refractivity contribution in [3.05, 3.63) is 130 Å². The molecule has 2 saturated heterocycles. The van der Waals surface area contributed by atoms with E-state index in [1.807, 2.05) is 12.1 Å². The fourth-order valence-electron chi connectivity index (χ4n) is 9.73. The molecule has 18 heteroatoms. The fraction of sp³-hybridized carbons (Fsp3) is 0.500. The monoisotopic (exact) mass is 1100 g/mol. The number of rotatable bonds is 21. The largest absolute Gasteiger partial charge is 0.401 e. The molecule has 0 aliphatic carbocycles. The molecule has 432 valence electrons. The summed E-state index contributed by atoms with van der Waals surface area (Å²) in [5.41, 5.74) is 4.06. The Labute approximate surface area is 458 Å². The molecule has 0 aromatic heterocycles. The van der Waals surface area contributed by atoms with E-state index >= 15 is 0 Å². The smallest absolute Gasteiger partial charge is 0.338 e. The van der Waals surface area contributed by atoms with Gasteiger partial charge < -0.3 is 21.3 Å². The normalized spacial score (nSPS) is 17.2. The van der Waals surface area contributed by atoms with Crippen LogP contribution < -0.4 is 21.3 Å². The summed E-state index contributed by atoms with van der Waals surface area (Å²) < 4.78 is 79.0. The van der Waals surface area contributed by atoms with Gasteiger partial charge in [0.1, 0.15) is 18.3 Å². The molecule has 4 aromatic carbocycles. The van der Waals surface area contributed by atoms with Crippen molar-refractivity contribution >= 4 is 46.6 Å². The number of Topliss-reactive ketones (excluding diaryl/α,β-unsaturated/α-hetero) is 4. The van der Waals surface area contributed by atoms with Gasteiger partial charge in [-0.05, 0) is 189 Å². The minimum Gasteiger partial charge on any atom is -0.338 e. The van der Waals surface area contributed by atoms with E-state index in [-0.39, 0.29) is 95.7 Å². The molecule has 2 fully saturated rings. The molecule has 0 bridgehead atoms. The SMILES string of the molecule is C.C.C.C.CC(=O)c1cc(NC(=O)NCCC[C@H]2C[C@H](Cc3ccc(F)cc3)CCN2CC(F)(F)F)cc(C(C)=O)c1.CC(=O)c1cc(NC(=O)NCCC[C@H]2C[C@H](Cc3ccc(F)cc3)CCN2CCF)cc(C(C)=O)c1. The van der Waals surface area contributed by atoms with Crippen molar-refractivity contribution in [2.75, 3.05) is 56.6 Å². The van der Waals surface area contributed by atoms with Crippen molar-refractivity contribution in [1.82, 2.24) is 20.4 Å². The maximum absolute atomic E-state index is 13.2. The Hall–Kier alpha value is -6.40. The van der Waals surface area contributed by atoms with Gasteiger partial charge in [-0.15, -0.1) is 0 Å². The molecule has 2 heterocycles. The molecule has 78 heavy (non-hydrogen) atoms. The third kappa shape index (κ3) is 23.7. The Morgan fingerprint density at radius 1 is 0.538 bits per heavy atom. The number of ketones is 4. The van der Waals surface area contributed by atoms with Gasteiger partial charge in [-0.1, -0.05) is 54.0 Å². The van der Waals surface area contributed by atoms with Crippen molar-refractivity contribution in [2.45, 2.75) is 140 Å². The van der Waals surface area contributed by atoms with Gasteiger partial charge in [-0.3, -0.25) is 29.0 Å². The van der Waals surface area contributed by atoms with Gasteiger partial charge in [0.2, 0.25) is 0 Å². The highest BCUT2D eigenvalue weighted by molar-refractivity contribution is 6.03. The van der Waals surface area contributed by atoms with E-state index in [0.29, 0.717) is 91.3 Å². The van der Waals surface area contributed by atoms with Crippen LogP contribution in [0.5, 0.6) is 0 Å². The van der Waals surface area contributed by atoms with Gasteiger partial charge in [-0.2, -0.15) is 13.2 Å². The van der Waals surface area contributed by atoms with Crippen LogP contribution in [0.15, 0.2) is 84.9 Å². The minimum atomic E-state index is -4.30. The van der Waals surface area contributed by atoms with Gasteiger partial charge in [0, 0.05) is 65.3 Å². The Morgan fingerprint density at radius 2 is 0.885 bits per heavy atom. The van der Waals surface area contributed by atoms with Crippen LogP contribution in [0.2, 0.25) is 0 Å². The Bertz CT molecular complexity index is 2480. The third-order valence-electron chi connectivity index (χ3n) is 13.5. The average molecular weight is 1100 g/mol. The summed E-state index contributed by atoms with van der Waals surface area (Å²) in [5, 5.41) is 10.8. The van der Waals surface area contributed by atoms with E-state index in [2.05, 4.69) is 26.2 Å². The summed E-state index contributed by atoms with van der Waals surface area (Å²) in [6.07, 6.45) is 2.91. The van der Waals surface area contributed by atoms with Crippen molar-refractivity contribution in [2.24, 2.45) is 11.8 Å². The summed E-state index contributed by atoms with van der Waals surface area (Å²) >= 11 is 0. The van der Waals surface area contributed by atoms with E-state index < -0.39 is 24.8 Å². The molecule has 0 spiro atoms. The molecule has 6 rings (SSSR count). The number of nitrogens with one attached hydrogen (secondary N) is 4. The van der Waals surface area contributed by atoms with Gasteiger partial charge in [-0.25, -0.2) is 22.8 Å². The number of amides is 4. The lowest BCUT2D eigenvalue weighted by molar-refractivity contribution is -0.155. The van der Waals surface area contributed by atoms with Crippen molar-refractivity contribution < 1.29 is 55.1 Å². The highest BCUT2D eigenvalue weighted by atomic mass is 19.4. The van der Waals surface area contributed by atoms with E-state index in [1.54, 1.807) is 24.3 Å². The van der Waals surface area contributed by atoms with E-state index in [9.17, 15) is 55.1 Å². The molecule has 0 unspecified atom stereocenters. The second kappa shape index (κ2) is 33.8. The second-order valence-electron chi connectivity index (χ2n) is 19.4. The van der Waals surface area contributed by atoms with Crippen LogP contribution in [0, 0.1) is 23.5 Å². The number of carbonyl (C=O) groups excluding carboxylic acids is 6. The maximum atomic E-state index is 13.2. The van der Waals surface area contributed by atoms with Crippen LogP contribution in [-0.2, 0) is 12.8 Å². The number of halogens is 6. The quantitative estimate of drug-likeness (QED) is 0.0365. The van der Waals surface area contributed by atoms with Crippen molar-refractivity contribution in [1.29, 1.82) is 0 Å². The highest BCUT2D eigenvalue weighted by Gasteiger charge is 2.37. The number of piperidine rings is 2. The lowest BCUT2D eigenvalue weighted by Gasteiger charge is -2.40. The van der Waals surface area contributed by atoms with E-state index in [0.717, 1.165) is 49.8 Å². The first-order chi connectivity index (χ1) is 35.1. The standard InChI is InChI=1S/C28H33F4N3O3.C28H35F2N3O3.4CH4/c1-18(36)22-14-23(19(2)37)16-25(15-22)34-27(38)33-10-3-4-26-13-21(9-11-35(26)17-28(30,31)32)12-20-5-7-24(29)8-6-20;1-19(34)23-16-24(20(2)35)18-26(17-23)32-28(36)31-11-3-4-27-15-22(9-12-33(27)13-10-29)14-21-5-7-25(30)8-6-21;;;;/h5-8,14-16,21,26H,3-4,9-13,17H2,1-2H3,(H2,33,34,38);5-8,16-18,22,27H,3-4,9-15H2,1-2H3,(H2,31,32,36);4*1H4/t21-,26-;22-,27-;;;;/m00..../s1. The molecule has 12 nitrogen and oxygen atoms in total. The molecule has 4 atom stereocenters. The number of alkyl halides is 4. The highest BCUT2D eigenvalue weighted by Crippen LogP contribution is 2.32. The zero-order valence-corrected chi connectivity index (χ0v) is 42.5. The Kier molecular flexibility index (Phi) is 30.2. The first kappa shape index (κ1) is 69.6. The number of nitrogens with zero attached hydrogens (tertiary/aromatic N) is 2. The van der Waals surface area contributed by atoms with Crippen LogP contribution in [0.1, 0.15) is 161 Å². The van der Waals surface area contributed by atoms with Crippen molar-refractivity contribution in [3.8, 4) is 0 Å². The lowest BCUT2D eigenvalue weighted by atomic mass is 9.84. The van der Waals surface area contributed by atoms with E-state index in [4.69, 9.17) is 0 Å². The minimum absolute atomic E-state index is 0. The summed E-state index contributed by atoms with van der Waals surface area (Å²) in [5.74, 6) is -0.790. The third-order valence-corrected chi connectivity index (χ3v) is 13.5. The number of carbonyl (C=O) groups is 6. The van der Waals surface area contributed by atoms with Crippen molar-refractivity contribution in [3.63, 3.8) is 0 Å². The Balaban J connectivity index is 0.000000743. The Morgan fingerprint density at radius 3 is 1.22 bits per heavy atom. The topological polar surface area (TPSA) is 157 Å². The first-order valence-corrected chi connectivity index (χ1v) is 25.2.